The number of thiocarbonyl (C=S) groups is 1. The van der Waals surface area contributed by atoms with E-state index < -0.39 is 16.9 Å². The van der Waals surface area contributed by atoms with Crippen LogP contribution in [0.2, 0.25) is 0 Å². The van der Waals surface area contributed by atoms with E-state index in [1.54, 1.807) is 26.2 Å². The summed E-state index contributed by atoms with van der Waals surface area (Å²) in [5, 5.41) is 14.5. The molecule has 0 saturated heterocycles. The summed E-state index contributed by atoms with van der Waals surface area (Å²) in [7, 11) is 3.11. The molecule has 158 valence electrons. The number of methoxy groups -OCH3 is 2. The standard InChI is InChI=1S/C19H25N3O6S/c1-12(11-27-4)21-13(2)16(18(23)28-10-9-26-3)17(20-19(21)29)14-5-7-15(8-6-14)22(24)25/h5-8,12,17H,9-11H2,1-4H3,(H,20,29)/t12-,17-/m0/s1. The third-order valence-electron chi connectivity index (χ3n) is 4.55. The molecule has 0 unspecified atom stereocenters. The molecule has 1 aliphatic rings. The summed E-state index contributed by atoms with van der Waals surface area (Å²) in [6, 6.07) is 5.28. The van der Waals surface area contributed by atoms with Crippen LogP contribution in [-0.4, -0.2) is 61.0 Å². The van der Waals surface area contributed by atoms with E-state index in [2.05, 4.69) is 5.32 Å². The first-order chi connectivity index (χ1) is 13.8. The zero-order valence-corrected chi connectivity index (χ0v) is 17.7. The number of ether oxygens (including phenoxy) is 3. The molecule has 1 N–H and O–H groups in total. The lowest BCUT2D eigenvalue weighted by atomic mass is 9.94. The number of nitro benzene ring substituents is 1. The molecule has 2 atom stereocenters. The highest BCUT2D eigenvalue weighted by Crippen LogP contribution is 2.33. The third-order valence-corrected chi connectivity index (χ3v) is 4.87. The molecule has 0 amide bonds. The van der Waals surface area contributed by atoms with E-state index in [0.29, 0.717) is 28.6 Å². The van der Waals surface area contributed by atoms with Crippen molar-refractivity contribution in [3.05, 3.63) is 51.2 Å². The van der Waals surface area contributed by atoms with Crippen LogP contribution in [0.25, 0.3) is 0 Å². The quantitative estimate of drug-likeness (QED) is 0.211. The molecule has 2 rings (SSSR count). The molecule has 1 heterocycles. The molecule has 0 aromatic heterocycles. The van der Waals surface area contributed by atoms with Gasteiger partial charge >= 0.3 is 5.97 Å². The van der Waals surface area contributed by atoms with Gasteiger partial charge in [0.25, 0.3) is 5.69 Å². The first kappa shape index (κ1) is 22.7. The number of allylic oxidation sites excluding steroid dienone is 1. The second kappa shape index (κ2) is 10.3. The molecule has 29 heavy (non-hydrogen) atoms. The van der Waals surface area contributed by atoms with Crippen LogP contribution in [0.3, 0.4) is 0 Å². The van der Waals surface area contributed by atoms with Crippen molar-refractivity contribution < 1.29 is 23.9 Å². The van der Waals surface area contributed by atoms with Gasteiger partial charge in [-0.05, 0) is 43.8 Å². The third kappa shape index (κ3) is 5.28. The van der Waals surface area contributed by atoms with Gasteiger partial charge in [-0.3, -0.25) is 10.1 Å². The molecule has 0 aliphatic carbocycles. The maximum atomic E-state index is 12.9. The van der Waals surface area contributed by atoms with Crippen molar-refractivity contribution >= 4 is 29.0 Å². The summed E-state index contributed by atoms with van der Waals surface area (Å²) >= 11 is 5.53. The minimum Gasteiger partial charge on any atom is -0.460 e. The Balaban J connectivity index is 2.46. The normalized spacial score (nSPS) is 17.7. The summed E-state index contributed by atoms with van der Waals surface area (Å²) in [5.41, 5.74) is 1.65. The largest absolute Gasteiger partial charge is 0.460 e. The summed E-state index contributed by atoms with van der Waals surface area (Å²) < 4.78 is 15.5. The van der Waals surface area contributed by atoms with Crippen molar-refractivity contribution in [3.8, 4) is 0 Å². The molecule has 0 radical (unpaired) electrons. The predicted molar refractivity (Wildman–Crippen MR) is 110 cm³/mol. The molecular formula is C19H25N3O6S. The first-order valence-corrected chi connectivity index (χ1v) is 9.42. The van der Waals surface area contributed by atoms with Gasteiger partial charge in [0.1, 0.15) is 6.61 Å². The Morgan fingerprint density at radius 1 is 1.28 bits per heavy atom. The molecule has 9 nitrogen and oxygen atoms in total. The lowest BCUT2D eigenvalue weighted by Gasteiger charge is -2.40. The Bertz CT molecular complexity index is 796. The Hall–Kier alpha value is -2.56. The summed E-state index contributed by atoms with van der Waals surface area (Å²) in [6.45, 7) is 4.52. The number of nitrogens with zero attached hydrogens (tertiary/aromatic N) is 2. The number of hydrogen-bond acceptors (Lipinski definition) is 7. The van der Waals surface area contributed by atoms with Gasteiger partial charge < -0.3 is 24.4 Å². The fourth-order valence-electron chi connectivity index (χ4n) is 3.20. The van der Waals surface area contributed by atoms with E-state index in [-0.39, 0.29) is 24.9 Å². The number of nitrogens with one attached hydrogen (secondary N) is 1. The van der Waals surface area contributed by atoms with Gasteiger partial charge in [0.05, 0.1) is 35.8 Å². The number of nitro groups is 1. The van der Waals surface area contributed by atoms with Crippen LogP contribution in [-0.2, 0) is 19.0 Å². The number of non-ortho nitro benzene ring substituents is 1. The van der Waals surface area contributed by atoms with Gasteiger partial charge in [0.2, 0.25) is 0 Å². The highest BCUT2D eigenvalue weighted by atomic mass is 32.1. The summed E-state index contributed by atoms with van der Waals surface area (Å²) in [6.07, 6.45) is 0. The SMILES string of the molecule is COCCOC(=O)C1=C(C)N([C@@H](C)COC)C(=S)N[C@H]1c1ccc([N+](=O)[O-])cc1. The van der Waals surface area contributed by atoms with Gasteiger partial charge in [-0.2, -0.15) is 0 Å². The Morgan fingerprint density at radius 3 is 2.48 bits per heavy atom. The van der Waals surface area contributed by atoms with Crippen LogP contribution in [0.15, 0.2) is 35.5 Å². The van der Waals surface area contributed by atoms with Crippen molar-refractivity contribution in [1.82, 2.24) is 10.2 Å². The van der Waals surface area contributed by atoms with Gasteiger partial charge in [-0.15, -0.1) is 0 Å². The Labute approximate surface area is 174 Å². The molecule has 0 fully saturated rings. The van der Waals surface area contributed by atoms with E-state index in [4.69, 9.17) is 26.4 Å². The molecule has 1 aliphatic heterocycles. The summed E-state index contributed by atoms with van der Waals surface area (Å²) in [5.74, 6) is -0.507. The minimum atomic E-state index is -0.593. The van der Waals surface area contributed by atoms with E-state index in [1.807, 2.05) is 11.8 Å². The number of esters is 1. The van der Waals surface area contributed by atoms with E-state index in [9.17, 15) is 14.9 Å². The monoisotopic (exact) mass is 423 g/mol. The van der Waals surface area contributed by atoms with Crippen molar-refractivity contribution in [2.24, 2.45) is 0 Å². The highest BCUT2D eigenvalue weighted by molar-refractivity contribution is 7.80. The van der Waals surface area contributed by atoms with E-state index in [0.717, 1.165) is 0 Å². The van der Waals surface area contributed by atoms with E-state index in [1.165, 1.54) is 19.2 Å². The average Bonchev–Trinajstić information content (AvgIpc) is 2.68. The summed E-state index contributed by atoms with van der Waals surface area (Å²) in [4.78, 5) is 25.2. The maximum Gasteiger partial charge on any atom is 0.338 e. The average molecular weight is 423 g/mol. The number of rotatable bonds is 9. The van der Waals surface area contributed by atoms with Crippen molar-refractivity contribution in [2.75, 3.05) is 34.0 Å². The van der Waals surface area contributed by atoms with Crippen LogP contribution in [0.1, 0.15) is 25.5 Å². The zero-order chi connectivity index (χ0) is 21.6. The predicted octanol–water partition coefficient (Wildman–Crippen LogP) is 2.32. The van der Waals surface area contributed by atoms with Crippen molar-refractivity contribution in [1.29, 1.82) is 0 Å². The van der Waals surface area contributed by atoms with Crippen molar-refractivity contribution in [3.63, 3.8) is 0 Å². The van der Waals surface area contributed by atoms with Gasteiger partial charge in [-0.1, -0.05) is 0 Å². The topological polar surface area (TPSA) is 103 Å². The van der Waals surface area contributed by atoms with Crippen LogP contribution >= 0.6 is 12.2 Å². The number of benzene rings is 1. The van der Waals surface area contributed by atoms with Crippen LogP contribution in [0.4, 0.5) is 5.69 Å². The van der Waals surface area contributed by atoms with Gasteiger partial charge in [0.15, 0.2) is 5.11 Å². The molecule has 1 aromatic carbocycles. The molecule has 10 heteroatoms. The lowest BCUT2D eigenvalue weighted by molar-refractivity contribution is -0.384. The number of carbonyl (C=O) groups excluding carboxylic acids is 1. The lowest BCUT2D eigenvalue weighted by Crippen LogP contribution is -2.52. The minimum absolute atomic E-state index is 0.0348. The fraction of sp³-hybridized carbons (Fsp3) is 0.474. The molecule has 1 aromatic rings. The number of carbonyl (C=O) groups is 1. The van der Waals surface area contributed by atoms with Gasteiger partial charge in [-0.25, -0.2) is 4.79 Å². The molecule has 0 saturated carbocycles. The molecule has 0 bridgehead atoms. The van der Waals surface area contributed by atoms with Gasteiger partial charge in [0, 0.05) is 32.0 Å². The first-order valence-electron chi connectivity index (χ1n) is 9.01. The maximum absolute atomic E-state index is 12.9. The fourth-order valence-corrected chi connectivity index (χ4v) is 3.64. The molecular weight excluding hydrogens is 398 g/mol. The second-order valence-corrected chi connectivity index (χ2v) is 6.92. The highest BCUT2D eigenvalue weighted by Gasteiger charge is 2.36. The van der Waals surface area contributed by atoms with Crippen LogP contribution in [0, 0.1) is 10.1 Å². The Morgan fingerprint density at radius 2 is 1.93 bits per heavy atom. The van der Waals surface area contributed by atoms with E-state index >= 15 is 0 Å². The second-order valence-electron chi connectivity index (χ2n) is 6.53. The smallest absolute Gasteiger partial charge is 0.338 e. The zero-order valence-electron chi connectivity index (χ0n) is 16.8. The number of hydrogen-bond donors (Lipinski definition) is 1. The Kier molecular flexibility index (Phi) is 8.06. The molecule has 0 spiro atoms. The van der Waals surface area contributed by atoms with Crippen molar-refractivity contribution in [2.45, 2.75) is 25.9 Å². The van der Waals surface area contributed by atoms with Crippen LogP contribution in [0.5, 0.6) is 0 Å². The van der Waals surface area contributed by atoms with Crippen LogP contribution < -0.4 is 5.32 Å².